The Hall–Kier alpha value is -2.99. The topological polar surface area (TPSA) is 75.0 Å². The second kappa shape index (κ2) is 5.76. The van der Waals surface area contributed by atoms with Crippen molar-refractivity contribution in [2.45, 2.75) is 19.3 Å². The summed E-state index contributed by atoms with van der Waals surface area (Å²) in [6, 6.07) is 8.50. The third-order valence-corrected chi connectivity index (χ3v) is 5.19. The Morgan fingerprint density at radius 3 is 2.78 bits per heavy atom. The van der Waals surface area contributed by atoms with Crippen molar-refractivity contribution in [3.8, 4) is 17.2 Å². The Bertz CT molecular complexity index is 1180. The van der Waals surface area contributed by atoms with E-state index in [0.29, 0.717) is 33.4 Å². The van der Waals surface area contributed by atoms with Crippen molar-refractivity contribution < 1.29 is 23.4 Å². The summed E-state index contributed by atoms with van der Waals surface area (Å²) in [5.74, 6) is 0.638. The number of aryl methyl sites for hydroxylation is 1. The van der Waals surface area contributed by atoms with Gasteiger partial charge in [0.25, 0.3) is 0 Å². The van der Waals surface area contributed by atoms with Crippen LogP contribution < -0.4 is 19.8 Å². The Labute approximate surface area is 158 Å². The molecule has 5 rings (SSSR count). The van der Waals surface area contributed by atoms with Crippen LogP contribution in [0.3, 0.4) is 0 Å². The van der Waals surface area contributed by atoms with E-state index in [-0.39, 0.29) is 25.1 Å². The van der Waals surface area contributed by atoms with Crippen molar-refractivity contribution in [2.24, 2.45) is 0 Å². The Kier molecular flexibility index (Phi) is 3.45. The van der Waals surface area contributed by atoms with Gasteiger partial charge in [-0.1, -0.05) is 11.6 Å². The number of carbonyl (C=O) groups excluding carboxylic acids is 1. The number of halogens is 1. The molecule has 2 aromatic carbocycles. The van der Waals surface area contributed by atoms with Gasteiger partial charge in [-0.05, 0) is 42.3 Å². The predicted octanol–water partition coefficient (Wildman–Crippen LogP) is 3.92. The molecular formula is C20H13ClO6. The third-order valence-electron chi connectivity index (χ3n) is 4.91. The van der Waals surface area contributed by atoms with Crippen molar-refractivity contribution in [1.82, 2.24) is 0 Å². The summed E-state index contributed by atoms with van der Waals surface area (Å²) in [5, 5.41) is 1.20. The Morgan fingerprint density at radius 1 is 1.07 bits per heavy atom. The molecule has 3 heterocycles. The molecule has 27 heavy (non-hydrogen) atoms. The number of benzene rings is 2. The number of ether oxygens (including phenoxy) is 3. The molecule has 0 saturated heterocycles. The summed E-state index contributed by atoms with van der Waals surface area (Å²) >= 11 is 6.33. The summed E-state index contributed by atoms with van der Waals surface area (Å²) in [5.41, 5.74) is 2.18. The number of hydrogen-bond acceptors (Lipinski definition) is 6. The first-order valence-electron chi connectivity index (χ1n) is 8.38. The monoisotopic (exact) mass is 384 g/mol. The highest BCUT2D eigenvalue weighted by Gasteiger charge is 2.33. The lowest BCUT2D eigenvalue weighted by molar-refractivity contribution is -0.135. The second-order valence-corrected chi connectivity index (χ2v) is 6.98. The van der Waals surface area contributed by atoms with E-state index in [1.807, 2.05) is 6.92 Å². The summed E-state index contributed by atoms with van der Waals surface area (Å²) in [6.07, 6.45) is 0.0970. The van der Waals surface area contributed by atoms with Gasteiger partial charge in [0.05, 0.1) is 11.4 Å². The van der Waals surface area contributed by atoms with Crippen molar-refractivity contribution in [3.63, 3.8) is 0 Å². The maximum Gasteiger partial charge on any atom is 0.336 e. The standard InChI is InChI=1S/C20H13ClO6/c1-9-4-16(22)27-19-11(9)2-3-14-18(19)12(7-17(23)26-14)10-5-13(21)20-15(6-10)24-8-25-20/h2-6,12H,7-8H2,1H3. The average molecular weight is 385 g/mol. The first-order valence-corrected chi connectivity index (χ1v) is 8.76. The maximum absolute atomic E-state index is 12.2. The maximum atomic E-state index is 12.2. The van der Waals surface area contributed by atoms with E-state index < -0.39 is 5.63 Å². The van der Waals surface area contributed by atoms with Crippen molar-refractivity contribution in [3.05, 3.63) is 62.5 Å². The van der Waals surface area contributed by atoms with E-state index >= 15 is 0 Å². The van der Waals surface area contributed by atoms with Crippen molar-refractivity contribution in [1.29, 1.82) is 0 Å². The molecule has 0 bridgehead atoms. The summed E-state index contributed by atoms with van der Waals surface area (Å²) < 4.78 is 21.7. The van der Waals surface area contributed by atoms with Gasteiger partial charge < -0.3 is 18.6 Å². The van der Waals surface area contributed by atoms with Crippen LogP contribution in [0.15, 0.2) is 39.5 Å². The second-order valence-electron chi connectivity index (χ2n) is 6.57. The zero-order valence-electron chi connectivity index (χ0n) is 14.2. The predicted molar refractivity (Wildman–Crippen MR) is 96.9 cm³/mol. The number of hydrogen-bond donors (Lipinski definition) is 0. The highest BCUT2D eigenvalue weighted by atomic mass is 35.5. The number of esters is 1. The molecule has 136 valence electrons. The molecule has 0 aliphatic carbocycles. The molecule has 1 unspecified atom stereocenters. The fourth-order valence-electron chi connectivity index (χ4n) is 3.71. The molecule has 0 N–H and O–H groups in total. The van der Waals surface area contributed by atoms with Gasteiger partial charge in [-0.15, -0.1) is 0 Å². The number of carbonyl (C=O) groups is 1. The van der Waals surface area contributed by atoms with Crippen LogP contribution in [-0.2, 0) is 4.79 Å². The fourth-order valence-corrected chi connectivity index (χ4v) is 3.99. The first kappa shape index (κ1) is 16.2. The molecule has 3 aromatic rings. The van der Waals surface area contributed by atoms with Gasteiger partial charge in [0.1, 0.15) is 11.3 Å². The van der Waals surface area contributed by atoms with Gasteiger partial charge in [0.15, 0.2) is 11.5 Å². The minimum absolute atomic E-state index is 0.0960. The molecule has 7 heteroatoms. The van der Waals surface area contributed by atoms with Gasteiger partial charge in [-0.25, -0.2) is 4.79 Å². The van der Waals surface area contributed by atoms with E-state index in [0.717, 1.165) is 16.5 Å². The molecule has 2 aliphatic heterocycles. The lowest BCUT2D eigenvalue weighted by Gasteiger charge is -2.26. The Balaban J connectivity index is 1.79. The van der Waals surface area contributed by atoms with Gasteiger partial charge in [-0.2, -0.15) is 0 Å². The van der Waals surface area contributed by atoms with Crippen LogP contribution in [0.1, 0.15) is 29.0 Å². The number of rotatable bonds is 1. The largest absolute Gasteiger partial charge is 0.454 e. The minimum atomic E-state index is -0.451. The van der Waals surface area contributed by atoms with Crippen LogP contribution in [0.5, 0.6) is 17.2 Å². The van der Waals surface area contributed by atoms with Crippen LogP contribution in [0.4, 0.5) is 0 Å². The molecule has 0 amide bonds. The summed E-state index contributed by atoms with van der Waals surface area (Å²) in [6.45, 7) is 1.94. The SMILES string of the molecule is Cc1cc(=O)oc2c3c(ccc12)OC(=O)CC3c1cc(Cl)c2c(c1)OCO2. The third kappa shape index (κ3) is 2.48. The van der Waals surface area contributed by atoms with Crippen LogP contribution in [0.2, 0.25) is 5.02 Å². The van der Waals surface area contributed by atoms with E-state index in [2.05, 4.69) is 0 Å². The molecular weight excluding hydrogens is 372 g/mol. The lowest BCUT2D eigenvalue weighted by atomic mass is 9.85. The number of fused-ring (bicyclic) bond motifs is 4. The van der Waals surface area contributed by atoms with Crippen LogP contribution in [0.25, 0.3) is 11.0 Å². The van der Waals surface area contributed by atoms with Crippen LogP contribution in [0, 0.1) is 6.92 Å². The molecule has 1 atom stereocenters. The normalized spacial score (nSPS) is 17.7. The molecule has 0 radical (unpaired) electrons. The molecule has 0 fully saturated rings. The molecule has 6 nitrogen and oxygen atoms in total. The van der Waals surface area contributed by atoms with Gasteiger partial charge >= 0.3 is 11.6 Å². The molecule has 0 saturated carbocycles. The van der Waals surface area contributed by atoms with E-state index in [9.17, 15) is 9.59 Å². The van der Waals surface area contributed by atoms with E-state index in [1.165, 1.54) is 6.07 Å². The van der Waals surface area contributed by atoms with Gasteiger partial charge in [-0.3, -0.25) is 4.79 Å². The highest BCUT2D eigenvalue weighted by Crippen LogP contribution is 2.47. The summed E-state index contributed by atoms with van der Waals surface area (Å²) in [7, 11) is 0. The van der Waals surface area contributed by atoms with Gasteiger partial charge in [0, 0.05) is 22.9 Å². The van der Waals surface area contributed by atoms with Gasteiger partial charge in [0.2, 0.25) is 6.79 Å². The molecule has 0 spiro atoms. The average Bonchev–Trinajstić information content (AvgIpc) is 3.09. The molecule has 1 aromatic heterocycles. The first-order chi connectivity index (χ1) is 13.0. The van der Waals surface area contributed by atoms with E-state index in [4.69, 9.17) is 30.2 Å². The lowest BCUT2D eigenvalue weighted by Crippen LogP contribution is -2.21. The van der Waals surface area contributed by atoms with Crippen molar-refractivity contribution >= 4 is 28.5 Å². The van der Waals surface area contributed by atoms with Crippen LogP contribution >= 0.6 is 11.6 Å². The minimum Gasteiger partial charge on any atom is -0.454 e. The zero-order chi connectivity index (χ0) is 18.7. The van der Waals surface area contributed by atoms with Crippen molar-refractivity contribution in [2.75, 3.05) is 6.79 Å². The smallest absolute Gasteiger partial charge is 0.336 e. The molecule has 2 aliphatic rings. The fraction of sp³-hybridized carbons (Fsp3) is 0.200. The summed E-state index contributed by atoms with van der Waals surface area (Å²) in [4.78, 5) is 24.2. The zero-order valence-corrected chi connectivity index (χ0v) is 15.0. The van der Waals surface area contributed by atoms with Crippen LogP contribution in [-0.4, -0.2) is 12.8 Å². The highest BCUT2D eigenvalue weighted by molar-refractivity contribution is 6.32. The Morgan fingerprint density at radius 2 is 1.93 bits per heavy atom. The quantitative estimate of drug-likeness (QED) is 0.359. The van der Waals surface area contributed by atoms with E-state index in [1.54, 1.807) is 24.3 Å².